The first-order valence-electron chi connectivity index (χ1n) is 6.76. The number of rotatable bonds is 3. The molecule has 0 amide bonds. The summed E-state index contributed by atoms with van der Waals surface area (Å²) in [6, 6.07) is 17.4. The van der Waals surface area contributed by atoms with Crippen molar-refractivity contribution in [3.05, 3.63) is 54.6 Å². The molecule has 0 radical (unpaired) electrons. The lowest BCUT2D eigenvalue weighted by atomic mass is 10.2. The molecule has 0 fully saturated rings. The Morgan fingerprint density at radius 1 is 1.14 bits per heavy atom. The Morgan fingerprint density at radius 3 is 2.62 bits per heavy atom. The Balaban J connectivity index is 2.03. The van der Waals surface area contributed by atoms with E-state index in [0.29, 0.717) is 6.61 Å². The van der Waals surface area contributed by atoms with Crippen LogP contribution in [0.2, 0.25) is 0 Å². The molecular formula is C16H15N3O2. The van der Waals surface area contributed by atoms with Crippen molar-refractivity contribution in [1.82, 2.24) is 5.43 Å². The molecule has 21 heavy (non-hydrogen) atoms. The van der Waals surface area contributed by atoms with Crippen LogP contribution < -0.4 is 10.4 Å². The van der Waals surface area contributed by atoms with Crippen LogP contribution in [0, 0.1) is 0 Å². The van der Waals surface area contributed by atoms with E-state index in [2.05, 4.69) is 10.4 Å². The first-order valence-corrected chi connectivity index (χ1v) is 6.76. The molecule has 0 spiro atoms. The van der Waals surface area contributed by atoms with E-state index in [0.717, 1.165) is 17.1 Å². The van der Waals surface area contributed by atoms with Gasteiger partial charge in [0.1, 0.15) is 0 Å². The molecule has 2 aromatic carbocycles. The van der Waals surface area contributed by atoms with E-state index in [4.69, 9.17) is 4.74 Å². The van der Waals surface area contributed by atoms with Crippen molar-refractivity contribution in [2.75, 3.05) is 11.6 Å². The molecule has 0 saturated carbocycles. The number of hydrogen-bond acceptors (Lipinski definition) is 5. The number of carbonyl (C=O) groups is 1. The fourth-order valence-corrected chi connectivity index (χ4v) is 2.13. The van der Waals surface area contributed by atoms with Gasteiger partial charge >= 0.3 is 5.97 Å². The zero-order valence-electron chi connectivity index (χ0n) is 11.6. The van der Waals surface area contributed by atoms with Gasteiger partial charge in [-0.25, -0.2) is 9.79 Å². The van der Waals surface area contributed by atoms with Crippen LogP contribution in [0.5, 0.6) is 0 Å². The Hall–Kier alpha value is -2.82. The number of carbonyl (C=O) groups excluding carboxylic acids is 1. The number of aliphatic imine (C=N–C) groups is 1. The third kappa shape index (κ3) is 2.58. The number of hydrazine groups is 1. The maximum atomic E-state index is 11.9. The molecule has 0 bridgehead atoms. The monoisotopic (exact) mass is 281 g/mol. The molecule has 0 saturated heterocycles. The number of esters is 1. The number of anilines is 2. The van der Waals surface area contributed by atoms with Crippen LogP contribution in [-0.2, 0) is 9.53 Å². The lowest BCUT2D eigenvalue weighted by molar-refractivity contribution is -0.135. The Morgan fingerprint density at radius 2 is 1.86 bits per heavy atom. The zero-order chi connectivity index (χ0) is 14.7. The highest BCUT2D eigenvalue weighted by atomic mass is 16.5. The largest absolute Gasteiger partial charge is 0.460 e. The summed E-state index contributed by atoms with van der Waals surface area (Å²) in [6.45, 7) is 2.08. The minimum absolute atomic E-state index is 0.180. The quantitative estimate of drug-likeness (QED) is 0.879. The van der Waals surface area contributed by atoms with Gasteiger partial charge in [0.2, 0.25) is 5.84 Å². The molecule has 1 aliphatic heterocycles. The number of hydrogen-bond donors (Lipinski definition) is 1. The van der Waals surface area contributed by atoms with Gasteiger partial charge in [-0.3, -0.25) is 10.4 Å². The van der Waals surface area contributed by atoms with Gasteiger partial charge in [-0.05, 0) is 31.2 Å². The second kappa shape index (κ2) is 5.66. The molecule has 2 aromatic rings. The molecule has 3 rings (SSSR count). The fourth-order valence-electron chi connectivity index (χ4n) is 2.13. The van der Waals surface area contributed by atoms with Gasteiger partial charge in [0.25, 0.3) is 0 Å². The Bertz CT molecular complexity index is 683. The highest BCUT2D eigenvalue weighted by Crippen LogP contribution is 2.34. The summed E-state index contributed by atoms with van der Waals surface area (Å²) in [5.41, 5.74) is 5.55. The summed E-state index contributed by atoms with van der Waals surface area (Å²) in [4.78, 5) is 16.3. The second-order valence-electron chi connectivity index (χ2n) is 4.45. The van der Waals surface area contributed by atoms with Crippen molar-refractivity contribution in [3.8, 4) is 0 Å². The van der Waals surface area contributed by atoms with E-state index in [1.54, 1.807) is 6.92 Å². The molecular weight excluding hydrogens is 266 g/mol. The Kier molecular flexibility index (Phi) is 3.55. The van der Waals surface area contributed by atoms with Crippen molar-refractivity contribution in [3.63, 3.8) is 0 Å². The minimum Gasteiger partial charge on any atom is -0.460 e. The first kappa shape index (κ1) is 13.2. The average Bonchev–Trinajstić information content (AvgIpc) is 2.55. The van der Waals surface area contributed by atoms with Crippen molar-refractivity contribution < 1.29 is 9.53 Å². The van der Waals surface area contributed by atoms with Crippen molar-refractivity contribution in [2.45, 2.75) is 6.92 Å². The van der Waals surface area contributed by atoms with Crippen LogP contribution in [0.15, 0.2) is 59.6 Å². The van der Waals surface area contributed by atoms with Crippen molar-refractivity contribution >= 4 is 28.9 Å². The van der Waals surface area contributed by atoms with Gasteiger partial charge < -0.3 is 4.74 Å². The predicted molar refractivity (Wildman–Crippen MR) is 81.9 cm³/mol. The molecule has 106 valence electrons. The number of ether oxygens (including phenoxy) is 1. The number of benzene rings is 2. The highest BCUT2D eigenvalue weighted by Gasteiger charge is 2.24. The van der Waals surface area contributed by atoms with Crippen LogP contribution in [0.25, 0.3) is 0 Å². The highest BCUT2D eigenvalue weighted by molar-refractivity contribution is 6.37. The van der Waals surface area contributed by atoms with Crippen LogP contribution in [-0.4, -0.2) is 18.4 Å². The van der Waals surface area contributed by atoms with Crippen LogP contribution in [0.3, 0.4) is 0 Å². The topological polar surface area (TPSA) is 53.9 Å². The second-order valence-corrected chi connectivity index (χ2v) is 4.45. The van der Waals surface area contributed by atoms with Crippen molar-refractivity contribution in [1.29, 1.82) is 0 Å². The summed E-state index contributed by atoms with van der Waals surface area (Å²) in [5, 5.41) is 1.83. The van der Waals surface area contributed by atoms with Gasteiger partial charge in [-0.15, -0.1) is 0 Å². The Labute approximate surface area is 122 Å². The molecule has 5 nitrogen and oxygen atoms in total. The number of fused-ring (bicyclic) bond motifs is 1. The van der Waals surface area contributed by atoms with Gasteiger partial charge in [0, 0.05) is 0 Å². The molecule has 0 aromatic heterocycles. The maximum Gasteiger partial charge on any atom is 0.375 e. The standard InChI is InChI=1S/C16H15N3O2/c1-2-21-16(20)15-17-13-10-6-7-11-14(13)19(18-15)12-8-4-3-5-9-12/h3-11H,2H2,1H3,(H,17,18). The number of para-hydroxylation sites is 3. The first-order chi connectivity index (χ1) is 10.3. The summed E-state index contributed by atoms with van der Waals surface area (Å²) in [6.07, 6.45) is 0. The molecule has 0 unspecified atom stereocenters. The normalized spacial score (nSPS) is 13.0. The van der Waals surface area contributed by atoms with E-state index < -0.39 is 5.97 Å². The third-order valence-corrected chi connectivity index (χ3v) is 3.06. The number of nitrogens with one attached hydrogen (secondary N) is 1. The molecule has 5 heteroatoms. The lowest BCUT2D eigenvalue weighted by Crippen LogP contribution is -2.45. The average molecular weight is 281 g/mol. The molecule has 0 atom stereocenters. The third-order valence-electron chi connectivity index (χ3n) is 3.06. The van der Waals surface area contributed by atoms with Crippen LogP contribution in [0.4, 0.5) is 17.1 Å². The zero-order valence-corrected chi connectivity index (χ0v) is 11.6. The van der Waals surface area contributed by atoms with E-state index >= 15 is 0 Å². The van der Waals surface area contributed by atoms with Gasteiger partial charge in [-0.1, -0.05) is 30.3 Å². The minimum atomic E-state index is -0.465. The predicted octanol–water partition coefficient (Wildman–Crippen LogP) is 2.94. The molecule has 1 heterocycles. The SMILES string of the molecule is CCOC(=O)C1=Nc2ccccc2N(c2ccccc2)N1. The van der Waals surface area contributed by atoms with Crippen molar-refractivity contribution in [2.24, 2.45) is 4.99 Å². The molecule has 1 aliphatic rings. The molecule has 0 aliphatic carbocycles. The van der Waals surface area contributed by atoms with Gasteiger partial charge in [-0.2, -0.15) is 0 Å². The lowest BCUT2D eigenvalue weighted by Gasteiger charge is -2.30. The number of amidine groups is 1. The van der Waals surface area contributed by atoms with Gasteiger partial charge in [0.15, 0.2) is 0 Å². The summed E-state index contributed by atoms with van der Waals surface area (Å²) < 4.78 is 5.02. The van der Waals surface area contributed by atoms with Gasteiger partial charge in [0.05, 0.1) is 23.7 Å². The van der Waals surface area contributed by atoms with E-state index in [-0.39, 0.29) is 5.84 Å². The fraction of sp³-hybridized carbons (Fsp3) is 0.125. The van der Waals surface area contributed by atoms with Crippen LogP contribution in [0.1, 0.15) is 6.92 Å². The summed E-state index contributed by atoms with van der Waals surface area (Å²) in [7, 11) is 0. The number of nitrogens with zero attached hydrogens (tertiary/aromatic N) is 2. The van der Waals surface area contributed by atoms with E-state index in [1.165, 1.54) is 0 Å². The van der Waals surface area contributed by atoms with E-state index in [1.807, 2.05) is 59.6 Å². The van der Waals surface area contributed by atoms with Crippen LogP contribution >= 0.6 is 0 Å². The summed E-state index contributed by atoms with van der Waals surface area (Å²) >= 11 is 0. The molecule has 1 N–H and O–H groups in total. The van der Waals surface area contributed by atoms with E-state index in [9.17, 15) is 4.79 Å². The smallest absolute Gasteiger partial charge is 0.375 e. The summed E-state index contributed by atoms with van der Waals surface area (Å²) in [5.74, 6) is -0.285. The maximum absolute atomic E-state index is 11.9.